The van der Waals surface area contributed by atoms with Gasteiger partial charge in [-0.2, -0.15) is 0 Å². The molecule has 0 saturated carbocycles. The second-order valence-electron chi connectivity index (χ2n) is 22.0. The Kier molecular flexibility index (Phi) is 59.5. The van der Waals surface area contributed by atoms with Crippen molar-refractivity contribution in [1.29, 1.82) is 0 Å². The number of allylic oxidation sites excluding steroid dienone is 4. The Balaban J connectivity index is 3.72. The predicted molar refractivity (Wildman–Crippen MR) is 317 cm³/mol. The number of phosphoric ester groups is 1. The Hall–Kier alpha value is -1.51. The van der Waals surface area contributed by atoms with Gasteiger partial charge in [0, 0.05) is 19.4 Å². The number of ether oxygens (including phenoxy) is 2. The van der Waals surface area contributed by atoms with Crippen LogP contribution in [0.5, 0.6) is 0 Å². The molecule has 9 nitrogen and oxygen atoms in total. The Morgan fingerprint density at radius 1 is 0.405 bits per heavy atom. The van der Waals surface area contributed by atoms with Crippen molar-refractivity contribution in [3.8, 4) is 0 Å². The maximum absolute atomic E-state index is 12.7. The number of hydrogen-bond acceptors (Lipinski definition) is 8. The number of carbonyl (C=O) groups excluding carboxylic acids is 2. The Labute approximate surface area is 459 Å². The van der Waals surface area contributed by atoms with Gasteiger partial charge in [-0.05, 0) is 44.9 Å². The van der Waals surface area contributed by atoms with Crippen molar-refractivity contribution in [2.45, 2.75) is 347 Å². The summed E-state index contributed by atoms with van der Waals surface area (Å²) in [4.78, 5) is 35.1. The smallest absolute Gasteiger partial charge is 0.462 e. The van der Waals surface area contributed by atoms with Gasteiger partial charge in [0.1, 0.15) is 6.61 Å². The van der Waals surface area contributed by atoms with Crippen LogP contribution in [0.2, 0.25) is 0 Å². The molecule has 0 amide bonds. The van der Waals surface area contributed by atoms with E-state index in [1.807, 2.05) is 0 Å². The summed E-state index contributed by atoms with van der Waals surface area (Å²) in [5, 5.41) is 0. The fourth-order valence-corrected chi connectivity index (χ4v) is 10.6. The van der Waals surface area contributed by atoms with Crippen LogP contribution in [0.4, 0.5) is 0 Å². The molecule has 0 aliphatic heterocycles. The van der Waals surface area contributed by atoms with Gasteiger partial charge in [0.05, 0.1) is 13.2 Å². The van der Waals surface area contributed by atoms with E-state index in [9.17, 15) is 19.0 Å². The molecule has 0 saturated heterocycles. The van der Waals surface area contributed by atoms with E-state index in [4.69, 9.17) is 24.3 Å². The topological polar surface area (TPSA) is 134 Å². The van der Waals surface area contributed by atoms with E-state index in [1.54, 1.807) is 0 Å². The van der Waals surface area contributed by atoms with Crippen molar-refractivity contribution in [2.24, 2.45) is 5.73 Å². The van der Waals surface area contributed by atoms with Gasteiger partial charge in [-0.25, -0.2) is 4.57 Å². The van der Waals surface area contributed by atoms with E-state index in [0.717, 1.165) is 57.8 Å². The molecule has 0 fully saturated rings. The van der Waals surface area contributed by atoms with Crippen LogP contribution < -0.4 is 5.73 Å². The summed E-state index contributed by atoms with van der Waals surface area (Å²) in [7, 11) is -4.39. The zero-order chi connectivity index (χ0) is 53.8. The molecule has 2 atom stereocenters. The first kappa shape index (κ1) is 72.5. The highest BCUT2D eigenvalue weighted by molar-refractivity contribution is 7.47. The van der Waals surface area contributed by atoms with Gasteiger partial charge >= 0.3 is 19.8 Å². The van der Waals surface area contributed by atoms with E-state index < -0.39 is 26.5 Å². The summed E-state index contributed by atoms with van der Waals surface area (Å²) in [6, 6.07) is 0. The molecular formula is C64H124NO8P. The molecule has 0 rings (SSSR count). The number of unbranched alkanes of at least 4 members (excludes halogenated alkanes) is 45. The minimum absolute atomic E-state index is 0.0529. The second-order valence-corrected chi connectivity index (χ2v) is 23.4. The lowest BCUT2D eigenvalue weighted by atomic mass is 10.0. The maximum atomic E-state index is 12.7. The third-order valence-corrected chi connectivity index (χ3v) is 15.6. The van der Waals surface area contributed by atoms with Crippen LogP contribution in [0.15, 0.2) is 24.3 Å². The molecule has 0 aliphatic rings. The number of phosphoric acid groups is 1. The summed E-state index contributed by atoms with van der Waals surface area (Å²) in [6.07, 6.45) is 72.9. The average Bonchev–Trinajstić information content (AvgIpc) is 3.39. The van der Waals surface area contributed by atoms with Crippen molar-refractivity contribution in [2.75, 3.05) is 26.4 Å². The second kappa shape index (κ2) is 60.7. The Morgan fingerprint density at radius 2 is 0.703 bits per heavy atom. The first-order chi connectivity index (χ1) is 36.3. The molecule has 3 N–H and O–H groups in total. The largest absolute Gasteiger partial charge is 0.472 e. The van der Waals surface area contributed by atoms with E-state index >= 15 is 0 Å². The van der Waals surface area contributed by atoms with Crippen LogP contribution in [0.25, 0.3) is 0 Å². The summed E-state index contributed by atoms with van der Waals surface area (Å²) < 4.78 is 33.0. The summed E-state index contributed by atoms with van der Waals surface area (Å²) >= 11 is 0. The number of carbonyl (C=O) groups is 2. The zero-order valence-corrected chi connectivity index (χ0v) is 50.0. The molecule has 438 valence electrons. The highest BCUT2D eigenvalue weighted by Gasteiger charge is 2.26. The molecule has 0 bridgehead atoms. The fraction of sp³-hybridized carbons (Fsp3) is 0.906. The molecule has 0 aliphatic carbocycles. The molecule has 2 unspecified atom stereocenters. The SMILES string of the molecule is CCCCC/C=C\C/C=C\CCCCCCCC(=O)OC(COC(=O)CCCCCCCCCCCCCCCCCCCCCCCCCCCCCCCCCCCCCCCC)COP(=O)(O)OCCN. The number of hydrogen-bond donors (Lipinski definition) is 2. The molecule has 74 heavy (non-hydrogen) atoms. The first-order valence-electron chi connectivity index (χ1n) is 32.3. The van der Waals surface area contributed by atoms with Gasteiger partial charge in [0.15, 0.2) is 6.10 Å². The van der Waals surface area contributed by atoms with E-state index in [-0.39, 0.29) is 38.6 Å². The van der Waals surface area contributed by atoms with Gasteiger partial charge in [-0.1, -0.05) is 308 Å². The van der Waals surface area contributed by atoms with E-state index in [2.05, 4.69) is 38.2 Å². The van der Waals surface area contributed by atoms with Gasteiger partial charge < -0.3 is 20.1 Å². The lowest BCUT2D eigenvalue weighted by Gasteiger charge is -2.19. The van der Waals surface area contributed by atoms with Crippen LogP contribution in [-0.4, -0.2) is 49.3 Å². The number of esters is 2. The lowest BCUT2D eigenvalue weighted by molar-refractivity contribution is -0.161. The minimum atomic E-state index is -4.39. The first-order valence-corrected chi connectivity index (χ1v) is 33.8. The van der Waals surface area contributed by atoms with Crippen LogP contribution in [0, 0.1) is 0 Å². The maximum Gasteiger partial charge on any atom is 0.472 e. The standard InChI is InChI=1S/C64H124NO8P/c1-3-5-7-9-11-13-15-17-19-20-21-22-23-24-25-26-27-28-29-30-31-32-33-34-35-36-37-38-39-40-41-43-44-46-48-50-52-54-56-63(66)70-60-62(61-72-74(68,69)71-59-58-65)73-64(67)57-55-53-51-49-47-45-42-18-16-14-12-10-8-6-4-2/h12,14,18,42,62H,3-11,13,15-17,19-41,43-61,65H2,1-2H3,(H,68,69)/b14-12-,42-18-. The average molecular weight is 1070 g/mol. The molecule has 10 heteroatoms. The van der Waals surface area contributed by atoms with Crippen molar-refractivity contribution in [3.63, 3.8) is 0 Å². The van der Waals surface area contributed by atoms with Gasteiger partial charge in [0.25, 0.3) is 0 Å². The van der Waals surface area contributed by atoms with Gasteiger partial charge in [0.2, 0.25) is 0 Å². The zero-order valence-electron chi connectivity index (χ0n) is 49.1. The monoisotopic (exact) mass is 1070 g/mol. The van der Waals surface area contributed by atoms with Crippen molar-refractivity contribution in [3.05, 3.63) is 24.3 Å². The highest BCUT2D eigenvalue weighted by Crippen LogP contribution is 2.43. The Morgan fingerprint density at radius 3 is 1.05 bits per heavy atom. The van der Waals surface area contributed by atoms with Gasteiger partial charge in [-0.3, -0.25) is 18.6 Å². The highest BCUT2D eigenvalue weighted by atomic mass is 31.2. The van der Waals surface area contributed by atoms with Crippen molar-refractivity contribution in [1.82, 2.24) is 0 Å². The quantitative estimate of drug-likeness (QED) is 0.0264. The summed E-state index contributed by atoms with van der Waals surface area (Å²) in [5.74, 6) is -0.828. The van der Waals surface area contributed by atoms with Crippen LogP contribution in [0.1, 0.15) is 341 Å². The third kappa shape index (κ3) is 59.7. The fourth-order valence-electron chi connectivity index (χ4n) is 9.79. The van der Waals surface area contributed by atoms with Crippen LogP contribution in [0.3, 0.4) is 0 Å². The van der Waals surface area contributed by atoms with Crippen LogP contribution >= 0.6 is 7.82 Å². The Bertz CT molecular complexity index is 1260. The lowest BCUT2D eigenvalue weighted by Crippen LogP contribution is -2.29. The van der Waals surface area contributed by atoms with Crippen molar-refractivity contribution < 1.29 is 37.6 Å². The molecule has 0 aromatic rings. The minimum Gasteiger partial charge on any atom is -0.462 e. The van der Waals surface area contributed by atoms with Crippen LogP contribution in [-0.2, 0) is 32.7 Å². The van der Waals surface area contributed by atoms with Crippen molar-refractivity contribution >= 4 is 19.8 Å². The van der Waals surface area contributed by atoms with Gasteiger partial charge in [-0.15, -0.1) is 0 Å². The molecule has 0 aromatic heterocycles. The number of nitrogens with two attached hydrogens (primary N) is 1. The molecule has 0 radical (unpaired) electrons. The third-order valence-electron chi connectivity index (χ3n) is 14.6. The number of rotatable bonds is 62. The summed E-state index contributed by atoms with van der Waals surface area (Å²) in [5.41, 5.74) is 5.38. The molecule has 0 spiro atoms. The molecular weight excluding hydrogens is 942 g/mol. The van der Waals surface area contributed by atoms with E-state index in [0.29, 0.717) is 6.42 Å². The predicted octanol–water partition coefficient (Wildman–Crippen LogP) is 20.6. The molecule has 0 heterocycles. The summed E-state index contributed by atoms with van der Waals surface area (Å²) in [6.45, 7) is 3.75. The van der Waals surface area contributed by atoms with E-state index in [1.165, 1.54) is 250 Å². The molecule has 0 aromatic carbocycles. The normalized spacial score (nSPS) is 13.1.